The topological polar surface area (TPSA) is 115 Å². The van der Waals surface area contributed by atoms with Crippen LogP contribution in [0, 0.1) is 12.8 Å². The molecule has 0 bridgehead atoms. The molecule has 43 heavy (non-hydrogen) atoms. The van der Waals surface area contributed by atoms with Crippen LogP contribution in [0.5, 0.6) is 5.75 Å². The van der Waals surface area contributed by atoms with E-state index < -0.39 is 36.3 Å². The molecule has 236 valence electrons. The molecule has 1 heterocycles. The first-order chi connectivity index (χ1) is 20.6. The summed E-state index contributed by atoms with van der Waals surface area (Å²) in [4.78, 5) is 29.3. The lowest BCUT2D eigenvalue weighted by Gasteiger charge is -2.38. The Morgan fingerprint density at radius 1 is 1.02 bits per heavy atom. The molecule has 2 aliphatic rings. The fraction of sp³-hybridized carbons (Fsp3) is 0.533. The Bertz CT molecular complexity index is 1230. The molecule has 0 aromatic heterocycles. The molecule has 13 heteroatoms. The van der Waals surface area contributed by atoms with Crippen molar-refractivity contribution in [3.05, 3.63) is 48.0 Å². The van der Waals surface area contributed by atoms with Crippen LogP contribution in [-0.2, 0) is 4.74 Å². The van der Waals surface area contributed by atoms with E-state index in [9.17, 15) is 22.8 Å². The van der Waals surface area contributed by atoms with E-state index in [1.54, 1.807) is 23.1 Å². The van der Waals surface area contributed by atoms with Gasteiger partial charge in [-0.1, -0.05) is 6.07 Å². The summed E-state index contributed by atoms with van der Waals surface area (Å²) >= 11 is 0. The minimum atomic E-state index is -4.47. The van der Waals surface area contributed by atoms with Crippen molar-refractivity contribution in [2.45, 2.75) is 50.9 Å². The first kappa shape index (κ1) is 32.2. The van der Waals surface area contributed by atoms with E-state index in [1.165, 1.54) is 7.11 Å². The highest BCUT2D eigenvalue weighted by molar-refractivity contribution is 6.00. The maximum absolute atomic E-state index is 13.8. The van der Waals surface area contributed by atoms with Crippen molar-refractivity contribution in [3.8, 4) is 5.75 Å². The molecule has 1 aliphatic heterocycles. The molecule has 0 spiro atoms. The molecule has 2 aromatic rings. The van der Waals surface area contributed by atoms with E-state index in [1.807, 2.05) is 31.2 Å². The number of methoxy groups -OCH3 is 1. The number of aryl methyl sites for hydroxylation is 1. The number of benzene rings is 2. The van der Waals surface area contributed by atoms with Crippen molar-refractivity contribution in [3.63, 3.8) is 0 Å². The Labute approximate surface area is 249 Å². The Hall–Kier alpha value is -3.71. The van der Waals surface area contributed by atoms with Gasteiger partial charge in [-0.25, -0.2) is 9.59 Å². The number of urea groups is 2. The van der Waals surface area contributed by atoms with Crippen molar-refractivity contribution < 1.29 is 37.3 Å². The summed E-state index contributed by atoms with van der Waals surface area (Å²) in [5, 5.41) is 17.2. The number of nitrogens with one attached hydrogen (secondary N) is 3. The van der Waals surface area contributed by atoms with Gasteiger partial charge >= 0.3 is 18.2 Å². The van der Waals surface area contributed by atoms with Gasteiger partial charge in [0, 0.05) is 43.6 Å². The molecule has 1 aliphatic carbocycles. The predicted octanol–water partition coefficient (Wildman–Crippen LogP) is 4.98. The molecule has 3 atom stereocenters. The van der Waals surface area contributed by atoms with Crippen molar-refractivity contribution >= 4 is 29.1 Å². The number of nitrogens with zero attached hydrogens (tertiary/aromatic N) is 2. The monoisotopic (exact) mass is 607 g/mol. The Kier molecular flexibility index (Phi) is 11.0. The van der Waals surface area contributed by atoms with Gasteiger partial charge in [-0.15, -0.1) is 0 Å². The number of amides is 4. The van der Waals surface area contributed by atoms with Crippen LogP contribution >= 0.6 is 0 Å². The summed E-state index contributed by atoms with van der Waals surface area (Å²) < 4.78 is 52.1. The first-order valence-corrected chi connectivity index (χ1v) is 14.5. The fourth-order valence-electron chi connectivity index (χ4n) is 5.63. The van der Waals surface area contributed by atoms with Gasteiger partial charge in [0.05, 0.1) is 38.0 Å². The van der Waals surface area contributed by atoms with Crippen molar-refractivity contribution in [2.75, 3.05) is 62.0 Å². The van der Waals surface area contributed by atoms with Gasteiger partial charge in [0.1, 0.15) is 5.75 Å². The van der Waals surface area contributed by atoms with Crippen molar-refractivity contribution in [2.24, 2.45) is 5.92 Å². The van der Waals surface area contributed by atoms with Crippen LogP contribution in [0.3, 0.4) is 0 Å². The second kappa shape index (κ2) is 14.6. The lowest BCUT2D eigenvalue weighted by Crippen LogP contribution is -2.54. The zero-order valence-electron chi connectivity index (χ0n) is 24.5. The van der Waals surface area contributed by atoms with Gasteiger partial charge in [-0.3, -0.25) is 0 Å². The normalized spacial score (nSPS) is 21.1. The average Bonchev–Trinajstić information content (AvgIpc) is 3.23. The summed E-state index contributed by atoms with van der Waals surface area (Å²) in [5.74, 6) is -1.15. The molecular formula is C30H40F3N5O5. The van der Waals surface area contributed by atoms with Crippen LogP contribution < -0.4 is 25.6 Å². The van der Waals surface area contributed by atoms with Crippen molar-refractivity contribution in [1.29, 1.82) is 0 Å². The quantitative estimate of drug-likeness (QED) is 0.337. The number of carbonyl (C=O) groups excluding carboxylic acids is 2. The molecule has 1 saturated carbocycles. The maximum Gasteiger partial charge on any atom is 0.393 e. The number of aliphatic hydroxyl groups excluding tert-OH is 1. The molecule has 4 amide bonds. The van der Waals surface area contributed by atoms with Gasteiger partial charge in [-0.05, 0) is 74.6 Å². The molecular weight excluding hydrogens is 567 g/mol. The summed E-state index contributed by atoms with van der Waals surface area (Å²) in [6.45, 7) is 3.63. The van der Waals surface area contributed by atoms with Gasteiger partial charge in [-0.2, -0.15) is 13.2 Å². The summed E-state index contributed by atoms with van der Waals surface area (Å²) in [5.41, 5.74) is 3.04. The first-order valence-electron chi connectivity index (χ1n) is 14.5. The number of aliphatic hydroxyl groups is 1. The van der Waals surface area contributed by atoms with E-state index in [0.29, 0.717) is 56.1 Å². The Morgan fingerprint density at radius 3 is 2.49 bits per heavy atom. The second-order valence-corrected chi connectivity index (χ2v) is 10.9. The molecule has 4 rings (SSSR count). The van der Waals surface area contributed by atoms with Crippen molar-refractivity contribution in [1.82, 2.24) is 10.2 Å². The number of rotatable bonds is 8. The van der Waals surface area contributed by atoms with Gasteiger partial charge in [0.2, 0.25) is 0 Å². The SMILES string of the molecule is COc1ccc(C)cc1NC(=O)Nc1ccc(N2CCCN(C(=O)NC3CCC(OCCO)CC3C(F)(F)F)CC2)cc1. The van der Waals surface area contributed by atoms with E-state index in [4.69, 9.17) is 14.6 Å². The Morgan fingerprint density at radius 2 is 1.79 bits per heavy atom. The number of hydrogen-bond acceptors (Lipinski definition) is 6. The minimum absolute atomic E-state index is 0.00520. The molecule has 3 unspecified atom stereocenters. The second-order valence-electron chi connectivity index (χ2n) is 10.9. The Balaban J connectivity index is 1.29. The van der Waals surface area contributed by atoms with E-state index in [2.05, 4.69) is 20.9 Å². The van der Waals surface area contributed by atoms with Gasteiger partial charge in [0.25, 0.3) is 0 Å². The predicted molar refractivity (Wildman–Crippen MR) is 158 cm³/mol. The van der Waals surface area contributed by atoms with Gasteiger partial charge in [0.15, 0.2) is 0 Å². The summed E-state index contributed by atoms with van der Waals surface area (Å²) in [7, 11) is 1.54. The highest BCUT2D eigenvalue weighted by Gasteiger charge is 2.48. The number of carbonyl (C=O) groups is 2. The van der Waals surface area contributed by atoms with Crippen LogP contribution in [0.4, 0.5) is 39.8 Å². The third-order valence-electron chi connectivity index (χ3n) is 7.85. The third kappa shape index (κ3) is 8.90. The molecule has 2 aromatic carbocycles. The summed E-state index contributed by atoms with van der Waals surface area (Å²) in [6.07, 6.45) is -4.11. The minimum Gasteiger partial charge on any atom is -0.495 e. The van der Waals surface area contributed by atoms with E-state index >= 15 is 0 Å². The molecule has 1 saturated heterocycles. The zero-order valence-corrected chi connectivity index (χ0v) is 24.5. The van der Waals surface area contributed by atoms with Crippen LogP contribution in [0.1, 0.15) is 31.2 Å². The fourth-order valence-corrected chi connectivity index (χ4v) is 5.63. The standard InChI is InChI=1S/C30H40F3N5O5/c1-20-4-11-27(42-2)26(18-20)35-28(40)34-21-5-7-22(8-6-21)37-12-3-13-38(15-14-37)29(41)36-25-10-9-23(43-17-16-39)19-24(25)30(31,32)33/h4-8,11,18,23-25,39H,3,9-10,12-17,19H2,1-2H3,(H,36,41)(H2,34,35,40). The molecule has 4 N–H and O–H groups in total. The zero-order chi connectivity index (χ0) is 31.0. The summed E-state index contributed by atoms with van der Waals surface area (Å²) in [6, 6.07) is 10.9. The van der Waals surface area contributed by atoms with E-state index in [-0.39, 0.29) is 26.1 Å². The largest absolute Gasteiger partial charge is 0.495 e. The molecule has 2 fully saturated rings. The molecule has 0 radical (unpaired) electrons. The highest BCUT2D eigenvalue weighted by Crippen LogP contribution is 2.39. The number of halogens is 3. The maximum atomic E-state index is 13.8. The smallest absolute Gasteiger partial charge is 0.393 e. The van der Waals surface area contributed by atoms with Crippen LogP contribution in [0.2, 0.25) is 0 Å². The van der Waals surface area contributed by atoms with Gasteiger partial charge < -0.3 is 40.3 Å². The van der Waals surface area contributed by atoms with Crippen LogP contribution in [0.15, 0.2) is 42.5 Å². The average molecular weight is 608 g/mol. The number of hydrogen-bond donors (Lipinski definition) is 4. The third-order valence-corrected chi connectivity index (χ3v) is 7.85. The lowest BCUT2D eigenvalue weighted by molar-refractivity contribution is -0.199. The van der Waals surface area contributed by atoms with Crippen LogP contribution in [-0.4, -0.2) is 86.9 Å². The van der Waals surface area contributed by atoms with Crippen LogP contribution in [0.25, 0.3) is 0 Å². The number of ether oxygens (including phenoxy) is 2. The number of anilines is 3. The molecule has 10 nitrogen and oxygen atoms in total. The highest BCUT2D eigenvalue weighted by atomic mass is 19.4. The lowest BCUT2D eigenvalue weighted by atomic mass is 9.82. The number of alkyl halides is 3. The van der Waals surface area contributed by atoms with E-state index in [0.717, 1.165) is 11.3 Å².